The molecule has 0 bridgehead atoms. The summed E-state index contributed by atoms with van der Waals surface area (Å²) in [5, 5.41) is 13.4. The second-order valence-corrected chi connectivity index (χ2v) is 7.95. The van der Waals surface area contributed by atoms with Crippen LogP contribution in [0.5, 0.6) is 11.5 Å². The van der Waals surface area contributed by atoms with Crippen LogP contribution in [0.4, 0.5) is 10.5 Å². The molecule has 2 heterocycles. The average Bonchev–Trinajstić information content (AvgIpc) is 3.25. The topological polar surface area (TPSA) is 90.2 Å². The van der Waals surface area contributed by atoms with E-state index in [0.29, 0.717) is 23.8 Å². The van der Waals surface area contributed by atoms with Crippen LogP contribution in [0, 0.1) is 0 Å². The predicted molar refractivity (Wildman–Crippen MR) is 128 cm³/mol. The lowest BCUT2D eigenvalue weighted by atomic mass is 10.0. The third-order valence-corrected chi connectivity index (χ3v) is 5.44. The van der Waals surface area contributed by atoms with Crippen molar-refractivity contribution >= 4 is 28.3 Å². The number of aliphatic hydroxyl groups excluding tert-OH is 1. The number of rotatable bonds is 6. The molecule has 1 aromatic heterocycles. The first-order valence-corrected chi connectivity index (χ1v) is 10.8. The first-order chi connectivity index (χ1) is 16.5. The van der Waals surface area contributed by atoms with Gasteiger partial charge in [0.05, 0.1) is 0 Å². The molecular weight excluding hydrogens is 434 g/mol. The summed E-state index contributed by atoms with van der Waals surface area (Å²) in [4.78, 5) is 12.2. The normalized spacial score (nSPS) is 14.6. The molecule has 7 nitrogen and oxygen atoms in total. The second-order valence-electron chi connectivity index (χ2n) is 7.95. The minimum atomic E-state index is -1.000. The Bertz CT molecular complexity index is 1320. The molecule has 2 N–H and O–H groups in total. The minimum absolute atomic E-state index is 0.109. The molecule has 0 fully saturated rings. The number of hydrogen-bond donors (Lipinski definition) is 2. The van der Waals surface area contributed by atoms with E-state index < -0.39 is 12.4 Å². The summed E-state index contributed by atoms with van der Waals surface area (Å²) < 4.78 is 22.3. The van der Waals surface area contributed by atoms with E-state index in [2.05, 4.69) is 5.32 Å². The number of fused-ring (bicyclic) bond motifs is 2. The van der Waals surface area contributed by atoms with E-state index in [1.807, 2.05) is 67.6 Å². The van der Waals surface area contributed by atoms with E-state index in [9.17, 15) is 9.90 Å². The summed E-state index contributed by atoms with van der Waals surface area (Å²) in [6.07, 6.45) is 0.0351. The molecule has 7 heteroatoms. The summed E-state index contributed by atoms with van der Waals surface area (Å²) in [7, 11) is 0. The third-order valence-electron chi connectivity index (χ3n) is 5.44. The van der Waals surface area contributed by atoms with Crippen molar-refractivity contribution in [2.75, 3.05) is 5.32 Å². The van der Waals surface area contributed by atoms with Crippen molar-refractivity contribution in [2.45, 2.75) is 26.4 Å². The quantitative estimate of drug-likeness (QED) is 0.376. The van der Waals surface area contributed by atoms with E-state index in [0.717, 1.165) is 33.4 Å². The molecule has 1 unspecified atom stereocenters. The van der Waals surface area contributed by atoms with Crippen LogP contribution in [-0.2, 0) is 18.0 Å². The fourth-order valence-electron chi connectivity index (χ4n) is 3.74. The molecule has 1 aliphatic heterocycles. The van der Waals surface area contributed by atoms with Gasteiger partial charge in [0.25, 0.3) is 0 Å². The van der Waals surface area contributed by atoms with Gasteiger partial charge in [0.2, 0.25) is 6.29 Å². The van der Waals surface area contributed by atoms with Crippen LogP contribution < -0.4 is 14.8 Å². The Labute approximate surface area is 196 Å². The van der Waals surface area contributed by atoms with E-state index in [-0.39, 0.29) is 6.61 Å². The highest BCUT2D eigenvalue weighted by molar-refractivity contribution is 5.86. The highest BCUT2D eigenvalue weighted by Crippen LogP contribution is 2.33. The lowest BCUT2D eigenvalue weighted by Crippen LogP contribution is -2.18. The molecular formula is C27H23NO6. The van der Waals surface area contributed by atoms with Crippen LogP contribution in [0.2, 0.25) is 0 Å². The van der Waals surface area contributed by atoms with Gasteiger partial charge >= 0.3 is 6.09 Å². The maximum atomic E-state index is 12.2. The number of furan rings is 1. The predicted octanol–water partition coefficient (Wildman–Crippen LogP) is 5.87. The summed E-state index contributed by atoms with van der Waals surface area (Å²) in [6, 6.07) is 22.3. The molecule has 1 atom stereocenters. The number of ether oxygens (including phenoxy) is 3. The zero-order valence-corrected chi connectivity index (χ0v) is 18.5. The Balaban J connectivity index is 1.12. The lowest BCUT2D eigenvalue weighted by Gasteiger charge is -2.21. The van der Waals surface area contributed by atoms with Gasteiger partial charge in [-0.15, -0.1) is 0 Å². The molecule has 0 saturated carbocycles. The smallest absolute Gasteiger partial charge is 0.411 e. The Morgan fingerprint density at radius 3 is 2.68 bits per heavy atom. The Hall–Kier alpha value is -4.23. The summed E-state index contributed by atoms with van der Waals surface area (Å²) >= 11 is 0. The molecule has 0 radical (unpaired) electrons. The maximum absolute atomic E-state index is 12.2. The van der Waals surface area contributed by atoms with E-state index in [1.54, 1.807) is 18.2 Å². The van der Waals surface area contributed by atoms with E-state index in [1.165, 1.54) is 0 Å². The highest BCUT2D eigenvalue weighted by Gasteiger charge is 2.17. The molecule has 4 aromatic rings. The van der Waals surface area contributed by atoms with Gasteiger partial charge in [-0.3, -0.25) is 5.32 Å². The van der Waals surface area contributed by atoms with Crippen molar-refractivity contribution in [3.63, 3.8) is 0 Å². The third kappa shape index (κ3) is 4.89. The van der Waals surface area contributed by atoms with Gasteiger partial charge in [0.15, 0.2) is 0 Å². The van der Waals surface area contributed by atoms with Crippen LogP contribution in [0.1, 0.15) is 23.8 Å². The standard InChI is InChI=1S/C27H23NO6/c1-17-12-26(29)34-25-14-20(8-11-23(17)25)28-27(30)32-15-18-6-9-21(10-7-18)31-16-22-13-19-4-2-3-5-24(19)33-22/h2-14,26,29H,15-16H2,1H3,(H,28,30). The lowest BCUT2D eigenvalue weighted by molar-refractivity contribution is 0.0225. The second kappa shape index (κ2) is 9.33. The van der Waals surface area contributed by atoms with Gasteiger partial charge in [0.1, 0.15) is 36.1 Å². The number of anilines is 1. The molecule has 0 aliphatic carbocycles. The monoisotopic (exact) mass is 457 g/mol. The summed E-state index contributed by atoms with van der Waals surface area (Å²) in [5.74, 6) is 1.94. The van der Waals surface area contributed by atoms with Gasteiger partial charge in [-0.05, 0) is 60.5 Å². The van der Waals surface area contributed by atoms with E-state index in [4.69, 9.17) is 18.6 Å². The van der Waals surface area contributed by atoms with E-state index >= 15 is 0 Å². The Morgan fingerprint density at radius 2 is 1.85 bits per heavy atom. The van der Waals surface area contributed by atoms with Gasteiger partial charge in [0, 0.05) is 22.7 Å². The zero-order valence-electron chi connectivity index (χ0n) is 18.5. The van der Waals surface area contributed by atoms with Crippen LogP contribution in [0.3, 0.4) is 0 Å². The number of para-hydroxylation sites is 1. The number of aliphatic hydroxyl groups is 1. The summed E-state index contributed by atoms with van der Waals surface area (Å²) in [6.45, 7) is 2.32. The molecule has 1 amide bonds. The molecule has 172 valence electrons. The van der Waals surface area contributed by atoms with Gasteiger partial charge in [-0.1, -0.05) is 30.3 Å². The summed E-state index contributed by atoms with van der Waals surface area (Å²) in [5.41, 5.74) is 3.95. The zero-order chi connectivity index (χ0) is 23.5. The van der Waals surface area contributed by atoms with Gasteiger partial charge in [-0.25, -0.2) is 4.79 Å². The van der Waals surface area contributed by atoms with Crippen LogP contribution in [0.15, 0.2) is 83.3 Å². The SMILES string of the molecule is CC1=CC(O)Oc2cc(NC(=O)OCc3ccc(OCc4cc5ccccc5o4)cc3)ccc21. The molecule has 1 aliphatic rings. The van der Waals surface area contributed by atoms with Gasteiger partial charge in [-0.2, -0.15) is 0 Å². The maximum Gasteiger partial charge on any atom is 0.411 e. The van der Waals surface area contributed by atoms with Gasteiger partial charge < -0.3 is 23.7 Å². The van der Waals surface area contributed by atoms with Crippen LogP contribution >= 0.6 is 0 Å². The van der Waals surface area contributed by atoms with Crippen molar-refractivity contribution in [1.29, 1.82) is 0 Å². The Morgan fingerprint density at radius 1 is 1.03 bits per heavy atom. The highest BCUT2D eigenvalue weighted by atomic mass is 16.6. The van der Waals surface area contributed by atoms with Crippen molar-refractivity contribution in [3.05, 3.63) is 95.8 Å². The number of hydrogen-bond acceptors (Lipinski definition) is 6. The molecule has 5 rings (SSSR count). The van der Waals surface area contributed by atoms with Crippen LogP contribution in [-0.4, -0.2) is 17.5 Å². The number of carbonyl (C=O) groups excluding carboxylic acids is 1. The Kier molecular flexibility index (Phi) is 5.93. The number of amides is 1. The van der Waals surface area contributed by atoms with Crippen molar-refractivity contribution in [2.24, 2.45) is 0 Å². The van der Waals surface area contributed by atoms with Crippen molar-refractivity contribution < 1.29 is 28.5 Å². The fraction of sp³-hybridized carbons (Fsp3) is 0.148. The first kappa shape index (κ1) is 21.6. The molecule has 0 spiro atoms. The first-order valence-electron chi connectivity index (χ1n) is 10.8. The average molecular weight is 457 g/mol. The number of carbonyl (C=O) groups is 1. The number of nitrogens with one attached hydrogen (secondary N) is 1. The largest absolute Gasteiger partial charge is 0.486 e. The van der Waals surface area contributed by atoms with Crippen LogP contribution in [0.25, 0.3) is 16.5 Å². The van der Waals surface area contributed by atoms with Crippen molar-refractivity contribution in [3.8, 4) is 11.5 Å². The fourth-order valence-corrected chi connectivity index (χ4v) is 3.74. The minimum Gasteiger partial charge on any atom is -0.486 e. The molecule has 0 saturated heterocycles. The van der Waals surface area contributed by atoms with Crippen molar-refractivity contribution in [1.82, 2.24) is 0 Å². The molecule has 34 heavy (non-hydrogen) atoms. The number of benzene rings is 3. The molecule has 3 aromatic carbocycles. The number of allylic oxidation sites excluding steroid dienone is 1.